The van der Waals surface area contributed by atoms with Crippen molar-refractivity contribution >= 4 is 46.5 Å². The normalized spacial score (nSPS) is 20.1. The van der Waals surface area contributed by atoms with Gasteiger partial charge in [-0.1, -0.05) is 54.2 Å². The van der Waals surface area contributed by atoms with Crippen LogP contribution in [0.15, 0.2) is 17.4 Å². The highest BCUT2D eigenvalue weighted by Gasteiger charge is 2.38. The minimum atomic E-state index is -0.00178. The maximum absolute atomic E-state index is 12.6. The lowest BCUT2D eigenvalue weighted by atomic mass is 9.79. The second-order valence-corrected chi connectivity index (χ2v) is 9.42. The SMILES string of the molecule is O=C(CSc1nnc2c(Cl)cc(Cl)cn12)NCC1(N2CCOCC2)CCCCC1. The van der Waals surface area contributed by atoms with Gasteiger partial charge in [0.15, 0.2) is 10.8 Å². The van der Waals surface area contributed by atoms with E-state index in [2.05, 4.69) is 20.4 Å². The van der Waals surface area contributed by atoms with E-state index in [0.717, 1.165) is 39.1 Å². The van der Waals surface area contributed by atoms with Gasteiger partial charge in [-0.25, -0.2) is 0 Å². The molecule has 1 N–H and O–H groups in total. The van der Waals surface area contributed by atoms with Crippen LogP contribution in [0.4, 0.5) is 0 Å². The van der Waals surface area contributed by atoms with Gasteiger partial charge in [0.25, 0.3) is 0 Å². The van der Waals surface area contributed by atoms with Crippen LogP contribution in [0.1, 0.15) is 32.1 Å². The number of hydrogen-bond acceptors (Lipinski definition) is 6. The molecule has 1 amide bonds. The number of halogens is 2. The van der Waals surface area contributed by atoms with Crippen molar-refractivity contribution in [2.24, 2.45) is 0 Å². The van der Waals surface area contributed by atoms with Crippen molar-refractivity contribution in [2.75, 3.05) is 38.6 Å². The maximum atomic E-state index is 12.6. The largest absolute Gasteiger partial charge is 0.379 e. The lowest BCUT2D eigenvalue weighted by molar-refractivity contribution is -0.119. The van der Waals surface area contributed by atoms with Crippen molar-refractivity contribution in [3.63, 3.8) is 0 Å². The number of hydrogen-bond donors (Lipinski definition) is 1. The third-order valence-electron chi connectivity index (χ3n) is 5.81. The van der Waals surface area contributed by atoms with Crippen molar-refractivity contribution in [3.8, 4) is 0 Å². The summed E-state index contributed by atoms with van der Waals surface area (Å²) in [6.07, 6.45) is 7.68. The van der Waals surface area contributed by atoms with Crippen LogP contribution in [0.25, 0.3) is 5.65 Å². The van der Waals surface area contributed by atoms with Crippen molar-refractivity contribution in [1.82, 2.24) is 24.8 Å². The Hall–Kier alpha value is -1.06. The van der Waals surface area contributed by atoms with E-state index < -0.39 is 0 Å². The summed E-state index contributed by atoms with van der Waals surface area (Å²) in [7, 11) is 0. The maximum Gasteiger partial charge on any atom is 0.230 e. The molecule has 2 aromatic rings. The van der Waals surface area contributed by atoms with Gasteiger partial charge in [0, 0.05) is 31.4 Å². The quantitative estimate of drug-likeness (QED) is 0.670. The van der Waals surface area contributed by atoms with Gasteiger partial charge in [0.1, 0.15) is 0 Å². The summed E-state index contributed by atoms with van der Waals surface area (Å²) < 4.78 is 7.25. The van der Waals surface area contributed by atoms with Gasteiger partial charge in [-0.2, -0.15) is 0 Å². The molecule has 2 fully saturated rings. The summed E-state index contributed by atoms with van der Waals surface area (Å²) in [5.41, 5.74) is 0.595. The highest BCUT2D eigenvalue weighted by Crippen LogP contribution is 2.34. The second-order valence-electron chi connectivity index (χ2n) is 7.63. The van der Waals surface area contributed by atoms with Crippen LogP contribution >= 0.6 is 35.0 Å². The molecule has 29 heavy (non-hydrogen) atoms. The fourth-order valence-electron chi connectivity index (χ4n) is 4.30. The number of carbonyl (C=O) groups is 1. The molecule has 0 spiro atoms. The smallest absolute Gasteiger partial charge is 0.230 e. The first kappa shape index (κ1) is 21.2. The monoisotopic (exact) mass is 457 g/mol. The Bertz CT molecular complexity index is 866. The zero-order valence-electron chi connectivity index (χ0n) is 16.2. The number of pyridine rings is 1. The Morgan fingerprint density at radius 3 is 2.72 bits per heavy atom. The van der Waals surface area contributed by atoms with Crippen molar-refractivity contribution in [1.29, 1.82) is 0 Å². The molecular weight excluding hydrogens is 433 g/mol. The Labute approximate surface area is 184 Å². The van der Waals surface area contributed by atoms with Gasteiger partial charge < -0.3 is 10.1 Å². The molecule has 7 nitrogen and oxygen atoms in total. The summed E-state index contributed by atoms with van der Waals surface area (Å²) in [6, 6.07) is 1.63. The first-order valence-corrected chi connectivity index (χ1v) is 11.7. The number of fused-ring (bicyclic) bond motifs is 1. The summed E-state index contributed by atoms with van der Waals surface area (Å²) in [5, 5.41) is 12.9. The molecule has 1 aliphatic heterocycles. The first-order valence-electron chi connectivity index (χ1n) is 9.99. The molecule has 4 rings (SSSR count). The first-order chi connectivity index (χ1) is 14.1. The van der Waals surface area contributed by atoms with Crippen LogP contribution in [0.2, 0.25) is 10.0 Å². The number of nitrogens with zero attached hydrogens (tertiary/aromatic N) is 4. The van der Waals surface area contributed by atoms with E-state index in [9.17, 15) is 4.79 Å². The zero-order valence-corrected chi connectivity index (χ0v) is 18.5. The molecule has 2 aliphatic rings. The van der Waals surface area contributed by atoms with Crippen LogP contribution < -0.4 is 5.32 Å². The fourth-order valence-corrected chi connectivity index (χ4v) is 5.55. The van der Waals surface area contributed by atoms with Crippen LogP contribution in [-0.2, 0) is 9.53 Å². The summed E-state index contributed by atoms with van der Waals surface area (Å²) in [5.74, 6) is 0.266. The average Bonchev–Trinajstić information content (AvgIpc) is 3.15. The van der Waals surface area contributed by atoms with Gasteiger partial charge in [-0.3, -0.25) is 14.1 Å². The van der Waals surface area contributed by atoms with E-state index in [4.69, 9.17) is 27.9 Å². The number of aromatic nitrogens is 3. The highest BCUT2D eigenvalue weighted by molar-refractivity contribution is 7.99. The lowest BCUT2D eigenvalue weighted by Gasteiger charge is -2.48. The van der Waals surface area contributed by atoms with Gasteiger partial charge in [0.2, 0.25) is 5.91 Å². The van der Waals surface area contributed by atoms with E-state index in [1.807, 2.05) is 0 Å². The minimum absolute atomic E-state index is 0.00178. The topological polar surface area (TPSA) is 71.8 Å². The molecule has 1 saturated carbocycles. The summed E-state index contributed by atoms with van der Waals surface area (Å²) >= 11 is 13.6. The lowest BCUT2D eigenvalue weighted by Crippen LogP contribution is -2.59. The van der Waals surface area contributed by atoms with Gasteiger partial charge in [-0.05, 0) is 18.9 Å². The summed E-state index contributed by atoms with van der Waals surface area (Å²) in [4.78, 5) is 15.1. The number of morpholine rings is 1. The number of rotatable bonds is 6. The number of ether oxygens (including phenoxy) is 1. The third-order valence-corrected chi connectivity index (χ3v) is 7.24. The third kappa shape index (κ3) is 4.82. The van der Waals surface area contributed by atoms with E-state index in [1.54, 1.807) is 16.7 Å². The molecule has 0 bridgehead atoms. The van der Waals surface area contributed by atoms with E-state index >= 15 is 0 Å². The van der Waals surface area contributed by atoms with E-state index in [1.165, 1.54) is 31.0 Å². The van der Waals surface area contributed by atoms with Crippen LogP contribution in [0.3, 0.4) is 0 Å². The van der Waals surface area contributed by atoms with Crippen LogP contribution in [0, 0.1) is 0 Å². The molecule has 3 heterocycles. The molecule has 2 aromatic heterocycles. The molecule has 158 valence electrons. The number of amides is 1. The minimum Gasteiger partial charge on any atom is -0.379 e. The Morgan fingerprint density at radius 1 is 1.21 bits per heavy atom. The molecule has 1 aliphatic carbocycles. The molecule has 0 atom stereocenters. The van der Waals surface area contributed by atoms with Crippen molar-refractivity contribution in [3.05, 3.63) is 22.3 Å². The second kappa shape index (κ2) is 9.39. The van der Waals surface area contributed by atoms with Crippen molar-refractivity contribution < 1.29 is 9.53 Å². The predicted molar refractivity (Wildman–Crippen MR) is 115 cm³/mol. The predicted octanol–water partition coefficient (Wildman–Crippen LogP) is 3.28. The number of thioether (sulfide) groups is 1. The number of carbonyl (C=O) groups excluding carboxylic acids is 1. The molecule has 1 saturated heterocycles. The van der Waals surface area contributed by atoms with Gasteiger partial charge in [0.05, 0.1) is 29.0 Å². The molecular formula is C19H25Cl2N5O2S. The number of nitrogens with one attached hydrogen (secondary N) is 1. The molecule has 0 radical (unpaired) electrons. The van der Waals surface area contributed by atoms with Gasteiger partial charge >= 0.3 is 0 Å². The summed E-state index contributed by atoms with van der Waals surface area (Å²) in [6.45, 7) is 4.12. The van der Waals surface area contributed by atoms with Crippen molar-refractivity contribution in [2.45, 2.75) is 42.8 Å². The molecule has 0 aromatic carbocycles. The molecule has 0 unspecified atom stereocenters. The Balaban J connectivity index is 1.36. The van der Waals surface area contributed by atoms with E-state index in [0.29, 0.717) is 27.4 Å². The Morgan fingerprint density at radius 2 is 1.97 bits per heavy atom. The Kier molecular flexibility index (Phi) is 6.86. The average molecular weight is 458 g/mol. The van der Waals surface area contributed by atoms with Crippen LogP contribution in [0.5, 0.6) is 0 Å². The zero-order chi connectivity index (χ0) is 20.3. The fraction of sp³-hybridized carbons (Fsp3) is 0.632. The highest BCUT2D eigenvalue weighted by atomic mass is 35.5. The van der Waals surface area contributed by atoms with Gasteiger partial charge in [-0.15, -0.1) is 10.2 Å². The standard InChI is InChI=1S/C19H25Cl2N5O2S/c20-14-10-15(21)17-23-24-18(26(17)11-14)29-12-16(27)22-13-19(4-2-1-3-5-19)25-6-8-28-9-7-25/h10-11H,1-9,12-13H2,(H,22,27). The van der Waals surface area contributed by atoms with Crippen LogP contribution in [-0.4, -0.2) is 69.5 Å². The molecule has 10 heteroatoms. The van der Waals surface area contributed by atoms with E-state index in [-0.39, 0.29) is 17.2 Å².